The molecular weight excluding hydrogens is 270 g/mol. The van der Waals surface area contributed by atoms with E-state index in [2.05, 4.69) is 0 Å². The van der Waals surface area contributed by atoms with Gasteiger partial charge in [-0.1, -0.05) is 30.3 Å². The lowest BCUT2D eigenvalue weighted by Crippen LogP contribution is -2.42. The number of hydrogen-bond donors (Lipinski definition) is 2. The fourth-order valence-electron chi connectivity index (χ4n) is 2.55. The highest BCUT2D eigenvalue weighted by molar-refractivity contribution is 5.69. The Labute approximate surface area is 125 Å². The van der Waals surface area contributed by atoms with E-state index in [-0.39, 0.29) is 6.54 Å². The largest absolute Gasteiger partial charge is 0.444 e. The van der Waals surface area contributed by atoms with Crippen LogP contribution >= 0.6 is 0 Å². The second-order valence-electron chi connectivity index (χ2n) is 6.45. The Morgan fingerprint density at radius 3 is 2.52 bits per heavy atom. The molecule has 5 heteroatoms. The molecule has 1 aliphatic heterocycles. The SMILES string of the molecule is CC(C)(C)OC(=O)N1C[C@H](O)CC1[C@H](O)c1ccccc1. The molecule has 0 saturated carbocycles. The average molecular weight is 293 g/mol. The van der Waals surface area contributed by atoms with Gasteiger partial charge in [-0.2, -0.15) is 0 Å². The molecule has 0 radical (unpaired) electrons. The zero-order valence-electron chi connectivity index (χ0n) is 12.7. The molecule has 1 fully saturated rings. The zero-order valence-corrected chi connectivity index (χ0v) is 12.7. The highest BCUT2D eigenvalue weighted by atomic mass is 16.6. The Hall–Kier alpha value is -1.59. The summed E-state index contributed by atoms with van der Waals surface area (Å²) in [5.74, 6) is 0. The van der Waals surface area contributed by atoms with Crippen molar-refractivity contribution < 1.29 is 19.7 Å². The van der Waals surface area contributed by atoms with Crippen molar-refractivity contribution in [1.29, 1.82) is 0 Å². The minimum atomic E-state index is -0.837. The molecule has 0 aromatic heterocycles. The number of carbonyl (C=O) groups excluding carboxylic acids is 1. The van der Waals surface area contributed by atoms with Gasteiger partial charge in [-0.3, -0.25) is 4.90 Å². The first kappa shape index (κ1) is 15.8. The van der Waals surface area contributed by atoms with Crippen LogP contribution in [-0.2, 0) is 4.74 Å². The predicted molar refractivity (Wildman–Crippen MR) is 78.8 cm³/mol. The van der Waals surface area contributed by atoms with Gasteiger partial charge in [0.15, 0.2) is 0 Å². The van der Waals surface area contributed by atoms with E-state index in [1.54, 1.807) is 20.8 Å². The van der Waals surface area contributed by atoms with E-state index >= 15 is 0 Å². The Kier molecular flexibility index (Phi) is 4.54. The molecule has 0 bridgehead atoms. The number of likely N-dealkylation sites (tertiary alicyclic amines) is 1. The third-order valence-corrected chi connectivity index (χ3v) is 3.45. The number of nitrogens with zero attached hydrogens (tertiary/aromatic N) is 1. The fraction of sp³-hybridized carbons (Fsp3) is 0.562. The maximum Gasteiger partial charge on any atom is 0.410 e. The monoisotopic (exact) mass is 293 g/mol. The van der Waals surface area contributed by atoms with Crippen LogP contribution in [0.2, 0.25) is 0 Å². The van der Waals surface area contributed by atoms with Gasteiger partial charge in [-0.05, 0) is 32.8 Å². The first-order valence-electron chi connectivity index (χ1n) is 7.18. The summed E-state index contributed by atoms with van der Waals surface area (Å²) in [6.45, 7) is 5.56. The number of amides is 1. The Bertz CT molecular complexity index is 483. The van der Waals surface area contributed by atoms with Crippen LogP contribution in [0.1, 0.15) is 38.9 Å². The number of rotatable bonds is 2. The van der Waals surface area contributed by atoms with Gasteiger partial charge in [0.1, 0.15) is 5.60 Å². The molecule has 1 aliphatic rings. The van der Waals surface area contributed by atoms with Gasteiger partial charge in [0.25, 0.3) is 0 Å². The highest BCUT2D eigenvalue weighted by Gasteiger charge is 2.40. The maximum absolute atomic E-state index is 12.2. The van der Waals surface area contributed by atoms with Crippen molar-refractivity contribution in [2.24, 2.45) is 0 Å². The summed E-state index contributed by atoms with van der Waals surface area (Å²) >= 11 is 0. The van der Waals surface area contributed by atoms with E-state index in [1.807, 2.05) is 30.3 Å². The minimum absolute atomic E-state index is 0.184. The highest BCUT2D eigenvalue weighted by Crippen LogP contribution is 2.30. The third-order valence-electron chi connectivity index (χ3n) is 3.45. The molecule has 1 amide bonds. The van der Waals surface area contributed by atoms with Crippen molar-refractivity contribution in [1.82, 2.24) is 4.90 Å². The van der Waals surface area contributed by atoms with Crippen LogP contribution in [0.4, 0.5) is 4.79 Å². The Morgan fingerprint density at radius 2 is 1.95 bits per heavy atom. The van der Waals surface area contributed by atoms with Crippen LogP contribution in [0, 0.1) is 0 Å². The van der Waals surface area contributed by atoms with Crippen molar-refractivity contribution >= 4 is 6.09 Å². The molecule has 5 nitrogen and oxygen atoms in total. The van der Waals surface area contributed by atoms with Gasteiger partial charge >= 0.3 is 6.09 Å². The quantitative estimate of drug-likeness (QED) is 0.876. The summed E-state index contributed by atoms with van der Waals surface area (Å²) in [6, 6.07) is 8.68. The third kappa shape index (κ3) is 3.95. The number of β-amino-alcohol motifs (C(OH)–C–C–N with tert-alkyl or cyclic N) is 1. The van der Waals surface area contributed by atoms with E-state index in [0.717, 1.165) is 5.56 Å². The van der Waals surface area contributed by atoms with Gasteiger partial charge in [0.2, 0.25) is 0 Å². The molecule has 1 heterocycles. The van der Waals surface area contributed by atoms with Gasteiger partial charge in [-0.25, -0.2) is 4.79 Å². The van der Waals surface area contributed by atoms with E-state index in [0.29, 0.717) is 6.42 Å². The van der Waals surface area contributed by atoms with Crippen molar-refractivity contribution in [2.75, 3.05) is 6.54 Å². The van der Waals surface area contributed by atoms with E-state index < -0.39 is 29.9 Å². The summed E-state index contributed by atoms with van der Waals surface area (Å²) in [6.07, 6.45) is -1.63. The summed E-state index contributed by atoms with van der Waals surface area (Å²) in [7, 11) is 0. The minimum Gasteiger partial charge on any atom is -0.444 e. The van der Waals surface area contributed by atoms with Crippen molar-refractivity contribution in [3.63, 3.8) is 0 Å². The lowest BCUT2D eigenvalue weighted by molar-refractivity contribution is 0.00439. The molecule has 0 aliphatic carbocycles. The van der Waals surface area contributed by atoms with Gasteiger partial charge in [0, 0.05) is 0 Å². The normalized spacial score (nSPS) is 24.0. The first-order chi connectivity index (χ1) is 9.78. The van der Waals surface area contributed by atoms with Crippen LogP contribution in [0.3, 0.4) is 0 Å². The molecule has 116 valence electrons. The Balaban J connectivity index is 2.15. The summed E-state index contributed by atoms with van der Waals surface area (Å²) in [4.78, 5) is 13.7. The van der Waals surface area contributed by atoms with Gasteiger partial charge < -0.3 is 14.9 Å². The number of benzene rings is 1. The van der Waals surface area contributed by atoms with Crippen LogP contribution in [0.5, 0.6) is 0 Å². The molecule has 3 atom stereocenters. The van der Waals surface area contributed by atoms with E-state index in [9.17, 15) is 15.0 Å². The number of aliphatic hydroxyl groups excluding tert-OH is 2. The molecule has 2 rings (SSSR count). The predicted octanol–water partition coefficient (Wildman–Crippen LogP) is 2.09. The smallest absolute Gasteiger partial charge is 0.410 e. The lowest BCUT2D eigenvalue weighted by atomic mass is 10.00. The van der Waals surface area contributed by atoms with E-state index in [1.165, 1.54) is 4.90 Å². The van der Waals surface area contributed by atoms with E-state index in [4.69, 9.17) is 4.74 Å². The zero-order chi connectivity index (χ0) is 15.6. The second kappa shape index (κ2) is 6.03. The molecular formula is C16H23NO4. The molecule has 1 unspecified atom stereocenters. The lowest BCUT2D eigenvalue weighted by Gasteiger charge is -2.30. The summed E-state index contributed by atoms with van der Waals surface area (Å²) in [5.41, 5.74) is 0.123. The summed E-state index contributed by atoms with van der Waals surface area (Å²) in [5, 5.41) is 20.3. The first-order valence-corrected chi connectivity index (χ1v) is 7.18. The average Bonchev–Trinajstić information content (AvgIpc) is 2.79. The van der Waals surface area contributed by atoms with Crippen molar-refractivity contribution in [3.8, 4) is 0 Å². The molecule has 1 aromatic carbocycles. The number of carbonyl (C=O) groups is 1. The number of ether oxygens (including phenoxy) is 1. The molecule has 2 N–H and O–H groups in total. The van der Waals surface area contributed by atoms with Crippen LogP contribution in [0.15, 0.2) is 30.3 Å². The fourth-order valence-corrected chi connectivity index (χ4v) is 2.55. The van der Waals surface area contributed by atoms with Crippen LogP contribution in [0.25, 0.3) is 0 Å². The Morgan fingerprint density at radius 1 is 1.33 bits per heavy atom. The van der Waals surface area contributed by atoms with Crippen molar-refractivity contribution in [3.05, 3.63) is 35.9 Å². The number of hydrogen-bond acceptors (Lipinski definition) is 4. The van der Waals surface area contributed by atoms with Crippen molar-refractivity contribution in [2.45, 2.75) is 51.0 Å². The maximum atomic E-state index is 12.2. The molecule has 21 heavy (non-hydrogen) atoms. The standard InChI is InChI=1S/C16H23NO4/c1-16(2,3)21-15(20)17-10-12(18)9-13(17)14(19)11-7-5-4-6-8-11/h4-8,12-14,18-19H,9-10H2,1-3H3/t12-,13?,14-/m1/s1. The van der Waals surface area contributed by atoms with Crippen LogP contribution < -0.4 is 0 Å². The molecule has 1 aromatic rings. The molecule has 1 saturated heterocycles. The summed E-state index contributed by atoms with van der Waals surface area (Å²) < 4.78 is 5.35. The van der Waals surface area contributed by atoms with Crippen LogP contribution in [-0.4, -0.2) is 45.5 Å². The topological polar surface area (TPSA) is 70.0 Å². The second-order valence-corrected chi connectivity index (χ2v) is 6.45. The molecule has 0 spiro atoms. The van der Waals surface area contributed by atoms with Gasteiger partial charge in [0.05, 0.1) is 24.8 Å². The van der Waals surface area contributed by atoms with Gasteiger partial charge in [-0.15, -0.1) is 0 Å². The number of aliphatic hydroxyl groups is 2.